The summed E-state index contributed by atoms with van der Waals surface area (Å²) in [6.07, 6.45) is 3.96. The van der Waals surface area contributed by atoms with Crippen molar-refractivity contribution in [1.82, 2.24) is 9.13 Å². The van der Waals surface area contributed by atoms with Gasteiger partial charge in [0, 0.05) is 18.9 Å². The van der Waals surface area contributed by atoms with Crippen molar-refractivity contribution in [1.29, 1.82) is 0 Å². The van der Waals surface area contributed by atoms with Crippen LogP contribution in [-0.2, 0) is 6.54 Å². The van der Waals surface area contributed by atoms with E-state index in [1.54, 1.807) is 30.6 Å². The van der Waals surface area contributed by atoms with E-state index < -0.39 is 11.1 Å². The molecular formula is C14H15ClN2O3. The zero-order chi connectivity index (χ0) is 14.7. The van der Waals surface area contributed by atoms with Crippen LogP contribution in [0.15, 0.2) is 40.2 Å². The van der Waals surface area contributed by atoms with E-state index >= 15 is 0 Å². The van der Waals surface area contributed by atoms with Crippen LogP contribution in [-0.4, -0.2) is 16.2 Å². The average Bonchev–Trinajstić information content (AvgIpc) is 2.44. The maximum absolute atomic E-state index is 12.1. The first-order valence-corrected chi connectivity index (χ1v) is 6.62. The van der Waals surface area contributed by atoms with Gasteiger partial charge in [-0.2, -0.15) is 0 Å². The molecular weight excluding hydrogens is 280 g/mol. The number of aromatic nitrogens is 2. The van der Waals surface area contributed by atoms with E-state index in [2.05, 4.69) is 0 Å². The minimum absolute atomic E-state index is 0.384. The highest BCUT2D eigenvalue weighted by atomic mass is 35.5. The molecule has 0 N–H and O–H groups in total. The topological polar surface area (TPSA) is 53.2 Å². The molecule has 20 heavy (non-hydrogen) atoms. The van der Waals surface area contributed by atoms with Crippen LogP contribution in [0.3, 0.4) is 0 Å². The van der Waals surface area contributed by atoms with Gasteiger partial charge in [-0.1, -0.05) is 18.5 Å². The molecule has 1 aromatic carbocycles. The molecule has 5 nitrogen and oxygen atoms in total. The maximum Gasteiger partial charge on any atom is 0.320 e. The van der Waals surface area contributed by atoms with Crippen LogP contribution in [0.2, 0.25) is 5.02 Å². The summed E-state index contributed by atoms with van der Waals surface area (Å²) in [6, 6.07) is 4.92. The fourth-order valence-corrected chi connectivity index (χ4v) is 2.19. The molecule has 2 aromatic rings. The lowest BCUT2D eigenvalue weighted by atomic mass is 10.3. The molecule has 0 radical (unpaired) electrons. The summed E-state index contributed by atoms with van der Waals surface area (Å²) >= 11 is 6.03. The summed E-state index contributed by atoms with van der Waals surface area (Å²) in [5.74, 6) is 0.516. The smallest absolute Gasteiger partial charge is 0.320 e. The molecule has 0 fully saturated rings. The third kappa shape index (κ3) is 2.63. The largest absolute Gasteiger partial charge is 0.495 e. The van der Waals surface area contributed by atoms with Crippen LogP contribution in [0, 0.1) is 0 Å². The molecule has 0 amide bonds. The molecule has 0 saturated carbocycles. The zero-order valence-electron chi connectivity index (χ0n) is 11.3. The fourth-order valence-electron chi connectivity index (χ4n) is 1.93. The predicted molar refractivity (Wildman–Crippen MR) is 78.2 cm³/mol. The fraction of sp³-hybridized carbons (Fsp3) is 0.286. The molecule has 0 atom stereocenters. The molecule has 0 aliphatic rings. The van der Waals surface area contributed by atoms with Crippen molar-refractivity contribution in [2.24, 2.45) is 0 Å². The quantitative estimate of drug-likeness (QED) is 0.811. The predicted octanol–water partition coefficient (Wildman–Crippen LogP) is 2.07. The number of benzene rings is 1. The molecule has 106 valence electrons. The molecule has 0 saturated heterocycles. The Morgan fingerprint density at radius 2 is 1.95 bits per heavy atom. The van der Waals surface area contributed by atoms with Crippen molar-refractivity contribution in [3.8, 4) is 11.4 Å². The van der Waals surface area contributed by atoms with Gasteiger partial charge in [0.25, 0.3) is 0 Å². The number of rotatable bonds is 4. The highest BCUT2D eigenvalue weighted by molar-refractivity contribution is 6.32. The van der Waals surface area contributed by atoms with Crippen LogP contribution in [0.1, 0.15) is 13.3 Å². The lowest BCUT2D eigenvalue weighted by molar-refractivity contribution is 0.415. The molecule has 1 aromatic heterocycles. The summed E-state index contributed by atoms with van der Waals surface area (Å²) in [5.41, 5.74) is -0.606. The van der Waals surface area contributed by atoms with Gasteiger partial charge in [-0.05, 0) is 24.6 Å². The van der Waals surface area contributed by atoms with E-state index in [4.69, 9.17) is 16.3 Å². The van der Waals surface area contributed by atoms with Gasteiger partial charge in [0.05, 0.1) is 17.8 Å². The third-order valence-electron chi connectivity index (χ3n) is 2.94. The van der Waals surface area contributed by atoms with Crippen molar-refractivity contribution in [3.63, 3.8) is 0 Å². The first-order chi connectivity index (χ1) is 9.58. The Balaban J connectivity index is 2.54. The molecule has 2 rings (SSSR count). The number of methoxy groups -OCH3 is 1. The number of hydrogen-bond acceptors (Lipinski definition) is 3. The minimum Gasteiger partial charge on any atom is -0.495 e. The van der Waals surface area contributed by atoms with Crippen molar-refractivity contribution >= 4 is 11.6 Å². The van der Waals surface area contributed by atoms with E-state index in [1.807, 2.05) is 6.92 Å². The molecule has 0 bridgehead atoms. The zero-order valence-corrected chi connectivity index (χ0v) is 12.1. The second-order valence-corrected chi connectivity index (χ2v) is 4.70. The van der Waals surface area contributed by atoms with E-state index in [9.17, 15) is 9.59 Å². The standard InChI is InChI=1S/C14H15ClN2O3/c1-3-6-16-7-8-17(14(19)13(16)18)10-4-5-12(20-2)11(15)9-10/h4-5,7-9H,3,6H2,1-2H3. The number of ether oxygens (including phenoxy) is 1. The second-order valence-electron chi connectivity index (χ2n) is 4.29. The Morgan fingerprint density at radius 3 is 2.55 bits per heavy atom. The van der Waals surface area contributed by atoms with Crippen molar-refractivity contribution in [2.75, 3.05) is 7.11 Å². The van der Waals surface area contributed by atoms with E-state index in [0.717, 1.165) is 6.42 Å². The van der Waals surface area contributed by atoms with Crippen molar-refractivity contribution < 1.29 is 4.74 Å². The van der Waals surface area contributed by atoms with Crippen LogP contribution in [0.25, 0.3) is 5.69 Å². The van der Waals surface area contributed by atoms with Gasteiger partial charge >= 0.3 is 11.1 Å². The number of halogens is 1. The summed E-state index contributed by atoms with van der Waals surface area (Å²) in [4.78, 5) is 24.0. The molecule has 0 aliphatic heterocycles. The van der Waals surface area contributed by atoms with E-state index in [-0.39, 0.29) is 0 Å². The third-order valence-corrected chi connectivity index (χ3v) is 3.23. The first-order valence-electron chi connectivity index (χ1n) is 6.24. The molecule has 1 heterocycles. The molecule has 0 unspecified atom stereocenters. The van der Waals surface area contributed by atoms with Crippen LogP contribution in [0.4, 0.5) is 0 Å². The van der Waals surface area contributed by atoms with Gasteiger partial charge in [-0.15, -0.1) is 0 Å². The van der Waals surface area contributed by atoms with Crippen LogP contribution >= 0.6 is 11.6 Å². The Kier molecular flexibility index (Phi) is 4.29. The summed E-state index contributed by atoms with van der Waals surface area (Å²) in [6.45, 7) is 2.47. The summed E-state index contributed by atoms with van der Waals surface area (Å²) < 4.78 is 7.74. The highest BCUT2D eigenvalue weighted by Gasteiger charge is 2.08. The normalized spacial score (nSPS) is 10.6. The van der Waals surface area contributed by atoms with E-state index in [0.29, 0.717) is 23.0 Å². The van der Waals surface area contributed by atoms with Gasteiger partial charge in [0.15, 0.2) is 0 Å². The number of nitrogens with zero attached hydrogens (tertiary/aromatic N) is 2. The Labute approximate surface area is 121 Å². The van der Waals surface area contributed by atoms with Crippen LogP contribution in [0.5, 0.6) is 5.75 Å². The summed E-state index contributed by atoms with van der Waals surface area (Å²) in [7, 11) is 1.51. The number of hydrogen-bond donors (Lipinski definition) is 0. The van der Waals surface area contributed by atoms with E-state index in [1.165, 1.54) is 16.2 Å². The lowest BCUT2D eigenvalue weighted by Gasteiger charge is -2.10. The monoisotopic (exact) mass is 294 g/mol. The van der Waals surface area contributed by atoms with Gasteiger partial charge in [-0.25, -0.2) is 0 Å². The van der Waals surface area contributed by atoms with Crippen molar-refractivity contribution in [2.45, 2.75) is 19.9 Å². The highest BCUT2D eigenvalue weighted by Crippen LogP contribution is 2.25. The van der Waals surface area contributed by atoms with Gasteiger partial charge in [-0.3, -0.25) is 14.2 Å². The first kappa shape index (κ1) is 14.4. The lowest BCUT2D eigenvalue weighted by Crippen LogP contribution is -2.39. The van der Waals surface area contributed by atoms with Gasteiger partial charge < -0.3 is 9.30 Å². The Hall–Kier alpha value is -2.01. The molecule has 0 spiro atoms. The van der Waals surface area contributed by atoms with Crippen LogP contribution < -0.4 is 15.9 Å². The molecule has 6 heteroatoms. The van der Waals surface area contributed by atoms with Gasteiger partial charge in [0.1, 0.15) is 5.75 Å². The Bertz CT molecular complexity index is 734. The van der Waals surface area contributed by atoms with Crippen molar-refractivity contribution in [3.05, 3.63) is 56.3 Å². The number of aryl methyl sites for hydroxylation is 1. The maximum atomic E-state index is 12.1. The SMILES string of the molecule is CCCn1ccn(-c2ccc(OC)c(Cl)c2)c(=O)c1=O. The second kappa shape index (κ2) is 5.96. The minimum atomic E-state index is -0.595. The summed E-state index contributed by atoms with van der Waals surface area (Å²) in [5, 5.41) is 0.384. The molecule has 0 aliphatic carbocycles. The average molecular weight is 295 g/mol. The van der Waals surface area contributed by atoms with Gasteiger partial charge in [0.2, 0.25) is 0 Å². The Morgan fingerprint density at radius 1 is 1.20 bits per heavy atom.